The van der Waals surface area contributed by atoms with Crippen molar-refractivity contribution in [2.45, 2.75) is 56.9 Å². The van der Waals surface area contributed by atoms with Gasteiger partial charge < -0.3 is 9.47 Å². The van der Waals surface area contributed by atoms with Gasteiger partial charge in [-0.2, -0.15) is 5.10 Å². The number of hydrogen-bond acceptors (Lipinski definition) is 6. The first-order chi connectivity index (χ1) is 15.8. The fourth-order valence-corrected chi connectivity index (χ4v) is 4.50. The summed E-state index contributed by atoms with van der Waals surface area (Å²) in [5.74, 6) is 0.656. The van der Waals surface area contributed by atoms with Crippen molar-refractivity contribution in [3.63, 3.8) is 0 Å². The Hall–Kier alpha value is -2.52. The molecule has 0 radical (unpaired) electrons. The smallest absolute Gasteiger partial charge is 0.351 e. The standard InChI is InChI=1S/C24H28BrN3O4S/c1-5-13-24(4,22(29)31-6-2)32-21-12-11-20(14-17(21)3)33-16-28-23(30)27(15-26-28)19-9-7-18(25)8-10-19/h7-12,14-15H,5-6,13,16H2,1-4H3. The van der Waals surface area contributed by atoms with Crippen LogP contribution in [0.5, 0.6) is 5.75 Å². The predicted octanol–water partition coefficient (Wildman–Crippen LogP) is 5.36. The monoisotopic (exact) mass is 533 g/mol. The summed E-state index contributed by atoms with van der Waals surface area (Å²) in [6, 6.07) is 13.2. The van der Waals surface area contributed by atoms with E-state index in [0.717, 1.165) is 27.0 Å². The molecular formula is C24H28BrN3O4S. The number of carbonyl (C=O) groups is 1. The van der Waals surface area contributed by atoms with E-state index in [1.54, 1.807) is 13.8 Å². The molecule has 0 bridgehead atoms. The van der Waals surface area contributed by atoms with Crippen LogP contribution in [0.15, 0.2) is 63.0 Å². The Balaban J connectivity index is 1.70. The molecule has 0 amide bonds. The molecule has 3 rings (SSSR count). The molecule has 0 fully saturated rings. The Morgan fingerprint density at radius 3 is 2.55 bits per heavy atom. The summed E-state index contributed by atoms with van der Waals surface area (Å²) >= 11 is 4.89. The molecule has 0 N–H and O–H groups in total. The van der Waals surface area contributed by atoms with Crippen molar-refractivity contribution >= 4 is 33.7 Å². The Morgan fingerprint density at radius 2 is 1.91 bits per heavy atom. The van der Waals surface area contributed by atoms with Gasteiger partial charge in [0.15, 0.2) is 0 Å². The number of benzene rings is 2. The van der Waals surface area contributed by atoms with E-state index < -0.39 is 5.60 Å². The van der Waals surface area contributed by atoms with Gasteiger partial charge in [0.05, 0.1) is 18.2 Å². The molecule has 0 aliphatic carbocycles. The summed E-state index contributed by atoms with van der Waals surface area (Å²) in [5, 5.41) is 4.23. The van der Waals surface area contributed by atoms with Gasteiger partial charge in [0.1, 0.15) is 12.1 Å². The summed E-state index contributed by atoms with van der Waals surface area (Å²) in [6.07, 6.45) is 2.88. The lowest BCUT2D eigenvalue weighted by atomic mass is 10.00. The number of esters is 1. The van der Waals surface area contributed by atoms with Gasteiger partial charge in [-0.15, -0.1) is 11.8 Å². The van der Waals surface area contributed by atoms with Crippen LogP contribution in [-0.4, -0.2) is 32.5 Å². The molecule has 0 aliphatic heterocycles. The predicted molar refractivity (Wildman–Crippen MR) is 133 cm³/mol. The molecular weight excluding hydrogens is 506 g/mol. The topological polar surface area (TPSA) is 75.4 Å². The number of thioether (sulfide) groups is 1. The van der Waals surface area contributed by atoms with Crippen molar-refractivity contribution in [3.8, 4) is 11.4 Å². The molecule has 2 aromatic carbocycles. The molecule has 0 saturated carbocycles. The largest absolute Gasteiger partial charge is 0.476 e. The average molecular weight is 534 g/mol. The summed E-state index contributed by atoms with van der Waals surface area (Å²) < 4.78 is 15.2. The molecule has 1 heterocycles. The number of aromatic nitrogens is 3. The van der Waals surface area contributed by atoms with Crippen LogP contribution >= 0.6 is 27.7 Å². The highest BCUT2D eigenvalue weighted by atomic mass is 79.9. The number of aryl methyl sites for hydroxylation is 1. The number of nitrogens with zero attached hydrogens (tertiary/aromatic N) is 3. The lowest BCUT2D eigenvalue weighted by molar-refractivity contribution is -0.161. The number of hydrogen-bond donors (Lipinski definition) is 0. The zero-order valence-electron chi connectivity index (χ0n) is 19.2. The number of halogens is 1. The zero-order valence-corrected chi connectivity index (χ0v) is 21.6. The molecule has 3 aromatic rings. The van der Waals surface area contributed by atoms with Gasteiger partial charge >= 0.3 is 11.7 Å². The maximum atomic E-state index is 12.7. The van der Waals surface area contributed by atoms with E-state index in [1.165, 1.54) is 27.3 Å². The molecule has 1 unspecified atom stereocenters. The van der Waals surface area contributed by atoms with Gasteiger partial charge in [-0.1, -0.05) is 29.3 Å². The van der Waals surface area contributed by atoms with Gasteiger partial charge in [-0.25, -0.2) is 18.8 Å². The Morgan fingerprint density at radius 1 is 1.18 bits per heavy atom. The maximum Gasteiger partial charge on any atom is 0.351 e. The van der Waals surface area contributed by atoms with Crippen molar-refractivity contribution in [1.82, 2.24) is 14.3 Å². The molecule has 176 valence electrons. The van der Waals surface area contributed by atoms with E-state index in [2.05, 4.69) is 21.0 Å². The molecule has 0 spiro atoms. The van der Waals surface area contributed by atoms with E-state index in [-0.39, 0.29) is 11.7 Å². The normalized spacial score (nSPS) is 12.9. The number of rotatable bonds is 10. The van der Waals surface area contributed by atoms with Crippen molar-refractivity contribution in [2.75, 3.05) is 6.61 Å². The van der Waals surface area contributed by atoms with E-state index in [1.807, 2.05) is 56.3 Å². The van der Waals surface area contributed by atoms with Crippen LogP contribution in [0, 0.1) is 6.92 Å². The minimum absolute atomic E-state index is 0.203. The molecule has 9 heteroatoms. The SMILES string of the molecule is CCCC(C)(Oc1ccc(SCn2ncn(-c3ccc(Br)cc3)c2=O)cc1C)C(=O)OCC. The zero-order chi connectivity index (χ0) is 24.0. The van der Waals surface area contributed by atoms with Gasteiger partial charge in [0, 0.05) is 9.37 Å². The minimum atomic E-state index is -1.03. The van der Waals surface area contributed by atoms with Crippen LogP contribution in [0.4, 0.5) is 0 Å². The third-order valence-corrected chi connectivity index (χ3v) is 6.60. The third kappa shape index (κ3) is 6.09. The van der Waals surface area contributed by atoms with Gasteiger partial charge in [0.25, 0.3) is 0 Å². The van der Waals surface area contributed by atoms with Crippen LogP contribution in [0.3, 0.4) is 0 Å². The highest BCUT2D eigenvalue weighted by molar-refractivity contribution is 9.10. The van der Waals surface area contributed by atoms with Crippen LogP contribution in [0.25, 0.3) is 5.69 Å². The van der Waals surface area contributed by atoms with E-state index in [4.69, 9.17) is 9.47 Å². The second kappa shape index (κ2) is 11.1. The maximum absolute atomic E-state index is 12.7. The van der Waals surface area contributed by atoms with Gasteiger partial charge in [0.2, 0.25) is 5.60 Å². The van der Waals surface area contributed by atoms with Crippen LogP contribution in [-0.2, 0) is 15.4 Å². The molecule has 0 saturated heterocycles. The summed E-state index contributed by atoms with van der Waals surface area (Å²) in [6.45, 7) is 7.81. The molecule has 0 aliphatic rings. The van der Waals surface area contributed by atoms with E-state index >= 15 is 0 Å². The van der Waals surface area contributed by atoms with Crippen molar-refractivity contribution in [2.24, 2.45) is 0 Å². The number of carbonyl (C=O) groups excluding carboxylic acids is 1. The van der Waals surface area contributed by atoms with Crippen molar-refractivity contribution in [1.29, 1.82) is 0 Å². The van der Waals surface area contributed by atoms with Crippen LogP contribution in [0.2, 0.25) is 0 Å². The van der Waals surface area contributed by atoms with Crippen molar-refractivity contribution < 1.29 is 14.3 Å². The lowest BCUT2D eigenvalue weighted by Crippen LogP contribution is -2.43. The van der Waals surface area contributed by atoms with E-state index in [9.17, 15) is 9.59 Å². The Bertz CT molecular complexity index is 1160. The summed E-state index contributed by atoms with van der Waals surface area (Å²) in [4.78, 5) is 26.1. The highest BCUT2D eigenvalue weighted by Crippen LogP contribution is 2.30. The van der Waals surface area contributed by atoms with Crippen molar-refractivity contribution in [3.05, 3.63) is 69.3 Å². The average Bonchev–Trinajstić information content (AvgIpc) is 3.15. The Kier molecular flexibility index (Phi) is 8.42. The second-order valence-corrected chi connectivity index (χ2v) is 9.70. The molecule has 33 heavy (non-hydrogen) atoms. The fourth-order valence-electron chi connectivity index (χ4n) is 3.36. The molecule has 1 atom stereocenters. The summed E-state index contributed by atoms with van der Waals surface area (Å²) in [5.41, 5.74) is 0.427. The first-order valence-electron chi connectivity index (χ1n) is 10.8. The van der Waals surface area contributed by atoms with Crippen LogP contribution in [0.1, 0.15) is 39.2 Å². The quantitative estimate of drug-likeness (QED) is 0.258. The lowest BCUT2D eigenvalue weighted by Gasteiger charge is -2.29. The number of ether oxygens (including phenoxy) is 2. The third-order valence-electron chi connectivity index (χ3n) is 5.11. The first kappa shape index (κ1) is 25.1. The fraction of sp³-hybridized carbons (Fsp3) is 0.375. The Labute approximate surface area is 206 Å². The van der Waals surface area contributed by atoms with Crippen LogP contribution < -0.4 is 10.4 Å². The highest BCUT2D eigenvalue weighted by Gasteiger charge is 2.36. The second-order valence-electron chi connectivity index (χ2n) is 7.76. The first-order valence-corrected chi connectivity index (χ1v) is 12.6. The van der Waals surface area contributed by atoms with Gasteiger partial charge in [-0.3, -0.25) is 0 Å². The molecule has 7 nitrogen and oxygen atoms in total. The molecule has 1 aromatic heterocycles. The van der Waals surface area contributed by atoms with E-state index in [0.29, 0.717) is 24.7 Å². The summed E-state index contributed by atoms with van der Waals surface area (Å²) in [7, 11) is 0. The minimum Gasteiger partial charge on any atom is -0.476 e. The van der Waals surface area contributed by atoms with Gasteiger partial charge in [-0.05, 0) is 75.2 Å².